The number of aromatic nitrogens is 3. The minimum atomic E-state index is -0.236. The van der Waals surface area contributed by atoms with Crippen LogP contribution in [-0.2, 0) is 19.5 Å². The van der Waals surface area contributed by atoms with E-state index in [0.29, 0.717) is 28.3 Å². The first-order valence-electron chi connectivity index (χ1n) is 6.08. The molecule has 0 atom stereocenters. The van der Waals surface area contributed by atoms with Gasteiger partial charge in [-0.15, -0.1) is 0 Å². The number of rotatable bonds is 5. The van der Waals surface area contributed by atoms with Crippen LogP contribution in [0.4, 0.5) is 0 Å². The Morgan fingerprint density at radius 2 is 2.32 bits per heavy atom. The van der Waals surface area contributed by atoms with Gasteiger partial charge in [0, 0.05) is 19.2 Å². The summed E-state index contributed by atoms with van der Waals surface area (Å²) >= 11 is 3.32. The van der Waals surface area contributed by atoms with E-state index in [-0.39, 0.29) is 5.91 Å². The van der Waals surface area contributed by atoms with Crippen molar-refractivity contribution in [1.29, 1.82) is 0 Å². The number of oxazole rings is 1. The lowest BCUT2D eigenvalue weighted by atomic mass is 10.4. The van der Waals surface area contributed by atoms with Crippen LogP contribution in [0.2, 0.25) is 0 Å². The Hall–Kier alpha value is -1.63. The molecule has 0 fully saturated rings. The predicted molar refractivity (Wildman–Crippen MR) is 72.7 cm³/mol. The summed E-state index contributed by atoms with van der Waals surface area (Å²) in [5.74, 6) is 0.431. The van der Waals surface area contributed by atoms with Gasteiger partial charge >= 0.3 is 0 Å². The molecule has 0 aromatic carbocycles. The monoisotopic (exact) mass is 326 g/mol. The van der Waals surface area contributed by atoms with Crippen molar-refractivity contribution >= 4 is 21.8 Å². The summed E-state index contributed by atoms with van der Waals surface area (Å²) in [5.41, 5.74) is 1.08. The zero-order valence-electron chi connectivity index (χ0n) is 10.8. The summed E-state index contributed by atoms with van der Waals surface area (Å²) in [6.45, 7) is 4.97. The van der Waals surface area contributed by atoms with Gasteiger partial charge in [0.25, 0.3) is 5.91 Å². The first-order valence-corrected chi connectivity index (χ1v) is 6.87. The van der Waals surface area contributed by atoms with Crippen LogP contribution in [0.1, 0.15) is 35.9 Å². The van der Waals surface area contributed by atoms with Gasteiger partial charge in [-0.3, -0.25) is 9.48 Å². The maximum absolute atomic E-state index is 12.0. The summed E-state index contributed by atoms with van der Waals surface area (Å²) in [6.07, 6.45) is 4.07. The van der Waals surface area contributed by atoms with E-state index in [0.717, 1.165) is 13.0 Å². The molecule has 2 heterocycles. The maximum Gasteiger partial charge on any atom is 0.273 e. The molecule has 0 bridgehead atoms. The molecule has 0 saturated carbocycles. The average Bonchev–Trinajstić information content (AvgIpc) is 3.02. The number of nitrogens with one attached hydrogen (secondary N) is 1. The highest BCUT2D eigenvalue weighted by Crippen LogP contribution is 2.14. The largest absolute Gasteiger partial charge is 0.449 e. The van der Waals surface area contributed by atoms with Crippen LogP contribution in [0.15, 0.2) is 21.3 Å². The summed E-state index contributed by atoms with van der Waals surface area (Å²) in [4.78, 5) is 16.2. The Morgan fingerprint density at radius 3 is 2.89 bits per heavy atom. The second-order valence-electron chi connectivity index (χ2n) is 3.95. The fraction of sp³-hybridized carbons (Fsp3) is 0.417. The van der Waals surface area contributed by atoms with Crippen LogP contribution in [0.5, 0.6) is 0 Å². The van der Waals surface area contributed by atoms with E-state index in [9.17, 15) is 4.79 Å². The van der Waals surface area contributed by atoms with Gasteiger partial charge in [-0.2, -0.15) is 5.10 Å². The zero-order valence-corrected chi connectivity index (χ0v) is 12.4. The number of hydrogen-bond acceptors (Lipinski definition) is 4. The van der Waals surface area contributed by atoms with Crippen LogP contribution < -0.4 is 5.32 Å². The molecule has 0 spiro atoms. The van der Waals surface area contributed by atoms with E-state index in [2.05, 4.69) is 31.3 Å². The van der Waals surface area contributed by atoms with Crippen molar-refractivity contribution < 1.29 is 9.21 Å². The van der Waals surface area contributed by atoms with Crippen LogP contribution in [0, 0.1) is 0 Å². The van der Waals surface area contributed by atoms with Crippen molar-refractivity contribution in [2.75, 3.05) is 0 Å². The number of halogens is 1. The summed E-state index contributed by atoms with van der Waals surface area (Å²) in [5, 5.41) is 6.94. The number of aryl methyl sites for hydroxylation is 2. The van der Waals surface area contributed by atoms with Gasteiger partial charge in [0.15, 0.2) is 11.6 Å². The number of amides is 1. The van der Waals surface area contributed by atoms with Crippen LogP contribution in [0.3, 0.4) is 0 Å². The first-order chi connectivity index (χ1) is 9.13. The molecule has 0 saturated heterocycles. The minimum Gasteiger partial charge on any atom is -0.449 e. The minimum absolute atomic E-state index is 0.236. The molecule has 19 heavy (non-hydrogen) atoms. The summed E-state index contributed by atoms with van der Waals surface area (Å²) in [7, 11) is 0. The molecular weight excluding hydrogens is 312 g/mol. The van der Waals surface area contributed by atoms with Crippen molar-refractivity contribution in [3.05, 3.63) is 34.2 Å². The van der Waals surface area contributed by atoms with E-state index in [1.54, 1.807) is 17.1 Å². The fourth-order valence-electron chi connectivity index (χ4n) is 1.56. The summed E-state index contributed by atoms with van der Waals surface area (Å²) < 4.78 is 7.59. The molecule has 102 valence electrons. The molecule has 1 N–H and O–H groups in total. The normalized spacial score (nSPS) is 10.7. The molecule has 2 rings (SSSR count). The van der Waals surface area contributed by atoms with Crippen LogP contribution in [0.25, 0.3) is 0 Å². The topological polar surface area (TPSA) is 73.0 Å². The van der Waals surface area contributed by atoms with Crippen LogP contribution >= 0.6 is 15.9 Å². The average molecular weight is 327 g/mol. The van der Waals surface area contributed by atoms with Gasteiger partial charge in [0.05, 0.1) is 16.7 Å². The van der Waals surface area contributed by atoms with Gasteiger partial charge in [0.1, 0.15) is 6.26 Å². The number of carbonyl (C=O) groups is 1. The van der Waals surface area contributed by atoms with Gasteiger partial charge < -0.3 is 9.73 Å². The molecule has 0 unspecified atom stereocenters. The van der Waals surface area contributed by atoms with Crippen molar-refractivity contribution in [2.45, 2.75) is 33.4 Å². The molecule has 0 aliphatic rings. The maximum atomic E-state index is 12.0. The number of carbonyl (C=O) groups excluding carboxylic acids is 1. The molecule has 0 radical (unpaired) electrons. The standard InChI is InChI=1S/C12H15BrN4O2/c1-3-10-15-8(7-19-10)5-14-12(18)11-9(13)6-17(4-2)16-11/h6-7H,3-5H2,1-2H3,(H,14,18). The SMILES string of the molecule is CCc1nc(CNC(=O)c2nn(CC)cc2Br)co1. The van der Waals surface area contributed by atoms with Gasteiger partial charge in [-0.05, 0) is 22.9 Å². The lowest BCUT2D eigenvalue weighted by Gasteiger charge is -2.00. The molecule has 0 aliphatic carbocycles. The lowest BCUT2D eigenvalue weighted by Crippen LogP contribution is -2.24. The Balaban J connectivity index is 1.98. The van der Waals surface area contributed by atoms with E-state index < -0.39 is 0 Å². The van der Waals surface area contributed by atoms with Gasteiger partial charge in [-0.25, -0.2) is 4.98 Å². The van der Waals surface area contributed by atoms with E-state index >= 15 is 0 Å². The molecule has 7 heteroatoms. The molecule has 0 aliphatic heterocycles. The smallest absolute Gasteiger partial charge is 0.273 e. The molecule has 2 aromatic rings. The predicted octanol–water partition coefficient (Wildman–Crippen LogP) is 2.15. The Kier molecular flexibility index (Phi) is 4.36. The molecule has 2 aromatic heterocycles. The van der Waals surface area contributed by atoms with Gasteiger partial charge in [0.2, 0.25) is 0 Å². The van der Waals surface area contributed by atoms with Crippen molar-refractivity contribution in [3.8, 4) is 0 Å². The zero-order chi connectivity index (χ0) is 13.8. The Labute approximate surface area is 119 Å². The van der Waals surface area contributed by atoms with Crippen LogP contribution in [-0.4, -0.2) is 20.7 Å². The molecule has 1 amide bonds. The summed E-state index contributed by atoms with van der Waals surface area (Å²) in [6, 6.07) is 0. The highest BCUT2D eigenvalue weighted by atomic mass is 79.9. The third kappa shape index (κ3) is 3.23. The Bertz CT molecular complexity index is 576. The Morgan fingerprint density at radius 1 is 1.53 bits per heavy atom. The second kappa shape index (κ2) is 6.01. The number of nitrogens with zero attached hydrogens (tertiary/aromatic N) is 3. The number of hydrogen-bond donors (Lipinski definition) is 1. The fourth-order valence-corrected chi connectivity index (χ4v) is 2.06. The lowest BCUT2D eigenvalue weighted by molar-refractivity contribution is 0.0944. The van der Waals surface area contributed by atoms with E-state index in [1.807, 2.05) is 13.8 Å². The van der Waals surface area contributed by atoms with E-state index in [1.165, 1.54) is 0 Å². The molecular formula is C12H15BrN4O2. The second-order valence-corrected chi connectivity index (χ2v) is 4.80. The van der Waals surface area contributed by atoms with Crippen molar-refractivity contribution in [2.24, 2.45) is 0 Å². The van der Waals surface area contributed by atoms with Crippen molar-refractivity contribution in [1.82, 2.24) is 20.1 Å². The van der Waals surface area contributed by atoms with E-state index in [4.69, 9.17) is 4.42 Å². The highest BCUT2D eigenvalue weighted by molar-refractivity contribution is 9.10. The van der Waals surface area contributed by atoms with Crippen molar-refractivity contribution in [3.63, 3.8) is 0 Å². The van der Waals surface area contributed by atoms with Gasteiger partial charge in [-0.1, -0.05) is 6.92 Å². The first kappa shape index (κ1) is 13.8. The third-order valence-electron chi connectivity index (χ3n) is 2.59. The third-order valence-corrected chi connectivity index (χ3v) is 3.17. The quantitative estimate of drug-likeness (QED) is 0.913. The highest BCUT2D eigenvalue weighted by Gasteiger charge is 2.15. The molecule has 6 nitrogen and oxygen atoms in total.